The summed E-state index contributed by atoms with van der Waals surface area (Å²) in [5, 5.41) is 1.41. The molecule has 0 aromatic heterocycles. The van der Waals surface area contributed by atoms with Gasteiger partial charge < -0.3 is 29.0 Å². The molecule has 0 bridgehead atoms. The van der Waals surface area contributed by atoms with Gasteiger partial charge in [-0.05, 0) is 41.6 Å². The monoisotopic (exact) mass is 567 g/mol. The summed E-state index contributed by atoms with van der Waals surface area (Å²) in [6, 6.07) is 23.7. The Labute approximate surface area is 233 Å². The number of esters is 3. The maximum absolute atomic E-state index is 12.7. The molecule has 1 amide bonds. The molecule has 11 nitrogen and oxygen atoms in total. The lowest BCUT2D eigenvalue weighted by atomic mass is 10.2. The van der Waals surface area contributed by atoms with Crippen LogP contribution in [0.4, 0.5) is 9.59 Å². The van der Waals surface area contributed by atoms with E-state index in [0.717, 1.165) is 0 Å². The quantitative estimate of drug-likeness (QED) is 0.190. The zero-order valence-corrected chi connectivity index (χ0v) is 21.9. The Bertz CT molecular complexity index is 1270. The maximum atomic E-state index is 12.7. The molecule has 3 aromatic carbocycles. The van der Waals surface area contributed by atoms with Crippen LogP contribution < -0.4 is 5.32 Å². The van der Waals surface area contributed by atoms with E-state index in [0.29, 0.717) is 17.3 Å². The van der Waals surface area contributed by atoms with Crippen LogP contribution in [0.5, 0.6) is 0 Å². The van der Waals surface area contributed by atoms with E-state index in [9.17, 15) is 24.0 Å². The molecule has 0 fully saturated rings. The summed E-state index contributed by atoms with van der Waals surface area (Å²) in [6.45, 7) is -1.44. The van der Waals surface area contributed by atoms with Gasteiger partial charge in [0, 0.05) is 5.75 Å². The summed E-state index contributed by atoms with van der Waals surface area (Å²) in [5.74, 6) is -2.53. The van der Waals surface area contributed by atoms with Crippen LogP contribution in [-0.4, -0.2) is 54.7 Å². The van der Waals surface area contributed by atoms with E-state index in [1.54, 1.807) is 66.7 Å². The topological polar surface area (TPSA) is 144 Å². The molecule has 0 heterocycles. The fourth-order valence-electron chi connectivity index (χ4n) is 2.96. The number of nitrogens with one attached hydrogen (secondary N) is 1. The minimum absolute atomic E-state index is 0.0772. The summed E-state index contributed by atoms with van der Waals surface area (Å²) in [4.78, 5) is 61.0. The fourth-order valence-corrected chi connectivity index (χ4v) is 3.61. The molecule has 0 aliphatic rings. The molecule has 12 heteroatoms. The summed E-state index contributed by atoms with van der Waals surface area (Å²) in [6.07, 6.45) is -1.09. The Morgan fingerprint density at radius 2 is 1.12 bits per heavy atom. The number of carbonyl (C=O) groups is 5. The summed E-state index contributed by atoms with van der Waals surface area (Å²) in [5.41, 5.74) is 1.25. The van der Waals surface area contributed by atoms with Crippen molar-refractivity contribution in [3.63, 3.8) is 0 Å². The summed E-state index contributed by atoms with van der Waals surface area (Å²) >= 11 is 0.541. The highest BCUT2D eigenvalue weighted by molar-refractivity contribution is 8.13. The van der Waals surface area contributed by atoms with Gasteiger partial charge >= 0.3 is 29.3 Å². The van der Waals surface area contributed by atoms with Crippen molar-refractivity contribution in [2.45, 2.75) is 12.6 Å². The Balaban J connectivity index is 1.47. The van der Waals surface area contributed by atoms with Crippen molar-refractivity contribution in [3.8, 4) is 0 Å². The highest BCUT2D eigenvalue weighted by Crippen LogP contribution is 2.11. The lowest BCUT2D eigenvalue weighted by Crippen LogP contribution is -2.44. The normalized spacial score (nSPS) is 10.9. The third-order valence-electron chi connectivity index (χ3n) is 4.93. The highest BCUT2D eigenvalue weighted by atomic mass is 32.2. The molecular formula is C28H25NO10S. The van der Waals surface area contributed by atoms with Crippen molar-refractivity contribution in [2.75, 3.05) is 19.3 Å². The molecule has 0 saturated heterocycles. The van der Waals surface area contributed by atoms with Gasteiger partial charge in [-0.3, -0.25) is 0 Å². The number of carbonyl (C=O) groups excluding carboxylic acids is 5. The second kappa shape index (κ2) is 16.2. The van der Waals surface area contributed by atoms with Crippen LogP contribution in [0.15, 0.2) is 91.0 Å². The van der Waals surface area contributed by atoms with Gasteiger partial charge in [0.2, 0.25) is 13.6 Å². The number of alkyl carbamates (subject to hydrolysis) is 1. The standard InChI is InChI=1S/C28H25NO10S/c30-24(21-12-6-2-7-13-21)36-18-38-27(33)29-23(26(32)35-16-20-10-4-1-5-11-20)17-40-28(34)39-19-37-25(31)22-14-8-3-9-15-22/h1-15,23H,16-19H2,(H,29,33)/t23-/m0/s1. The van der Waals surface area contributed by atoms with Gasteiger partial charge in [0.25, 0.3) is 0 Å². The molecule has 3 aromatic rings. The van der Waals surface area contributed by atoms with E-state index in [4.69, 9.17) is 23.7 Å². The van der Waals surface area contributed by atoms with Crippen molar-refractivity contribution >= 4 is 41.1 Å². The number of hydrogen-bond acceptors (Lipinski definition) is 11. The van der Waals surface area contributed by atoms with Crippen LogP contribution in [0.25, 0.3) is 0 Å². The first-order valence-corrected chi connectivity index (χ1v) is 12.8. The van der Waals surface area contributed by atoms with Crippen LogP contribution in [0.1, 0.15) is 26.3 Å². The van der Waals surface area contributed by atoms with Gasteiger partial charge in [-0.2, -0.15) is 0 Å². The van der Waals surface area contributed by atoms with E-state index < -0.39 is 48.9 Å². The van der Waals surface area contributed by atoms with Gasteiger partial charge in [-0.1, -0.05) is 66.7 Å². The fraction of sp³-hybridized carbons (Fsp3) is 0.179. The molecule has 0 radical (unpaired) electrons. The molecule has 0 unspecified atom stereocenters. The second-order valence-electron chi connectivity index (χ2n) is 7.76. The second-order valence-corrected chi connectivity index (χ2v) is 8.71. The molecule has 208 valence electrons. The molecule has 40 heavy (non-hydrogen) atoms. The number of rotatable bonds is 12. The van der Waals surface area contributed by atoms with E-state index in [1.807, 2.05) is 0 Å². The van der Waals surface area contributed by atoms with Crippen molar-refractivity contribution in [3.05, 3.63) is 108 Å². The van der Waals surface area contributed by atoms with Gasteiger partial charge in [0.05, 0.1) is 11.1 Å². The van der Waals surface area contributed by atoms with Crippen molar-refractivity contribution in [1.29, 1.82) is 0 Å². The molecule has 3 rings (SSSR count). The largest absolute Gasteiger partial charge is 0.459 e. The van der Waals surface area contributed by atoms with Crippen molar-refractivity contribution in [2.24, 2.45) is 0 Å². The zero-order chi connectivity index (χ0) is 28.6. The maximum Gasteiger partial charge on any atom is 0.410 e. The number of ether oxygens (including phenoxy) is 5. The zero-order valence-electron chi connectivity index (χ0n) is 21.1. The van der Waals surface area contributed by atoms with Crippen molar-refractivity contribution in [1.82, 2.24) is 5.32 Å². The lowest BCUT2D eigenvalue weighted by molar-refractivity contribution is -0.146. The number of amides is 1. The Morgan fingerprint density at radius 3 is 1.68 bits per heavy atom. The predicted molar refractivity (Wildman–Crippen MR) is 142 cm³/mol. The summed E-state index contributed by atoms with van der Waals surface area (Å²) in [7, 11) is 0. The molecular weight excluding hydrogens is 542 g/mol. The number of thioether (sulfide) groups is 1. The van der Waals surface area contributed by atoms with E-state index in [1.165, 1.54) is 24.3 Å². The Hall–Kier alpha value is -4.84. The SMILES string of the molecule is O=C(N[C@@H](CSC(=O)OCOC(=O)c1ccccc1)C(=O)OCc1ccccc1)OCOC(=O)c1ccccc1. The average molecular weight is 568 g/mol. The van der Waals surface area contributed by atoms with E-state index in [2.05, 4.69) is 5.32 Å². The molecule has 0 saturated carbocycles. The highest BCUT2D eigenvalue weighted by Gasteiger charge is 2.25. The minimum Gasteiger partial charge on any atom is -0.459 e. The Morgan fingerprint density at radius 1 is 0.625 bits per heavy atom. The predicted octanol–water partition coefficient (Wildman–Crippen LogP) is 4.32. The first-order valence-electron chi connectivity index (χ1n) is 11.8. The Kier molecular flexibility index (Phi) is 12.0. The van der Waals surface area contributed by atoms with Crippen LogP contribution in [-0.2, 0) is 35.1 Å². The lowest BCUT2D eigenvalue weighted by Gasteiger charge is -2.17. The first-order chi connectivity index (χ1) is 19.4. The smallest absolute Gasteiger partial charge is 0.410 e. The third-order valence-corrected chi connectivity index (χ3v) is 5.79. The molecule has 1 N–H and O–H groups in total. The van der Waals surface area contributed by atoms with Crippen molar-refractivity contribution < 1.29 is 47.7 Å². The minimum atomic E-state index is -1.33. The van der Waals surface area contributed by atoms with Crippen LogP contribution in [0, 0.1) is 0 Å². The van der Waals surface area contributed by atoms with Gasteiger partial charge in [-0.25, -0.2) is 24.0 Å². The summed E-state index contributed by atoms with van der Waals surface area (Å²) < 4.78 is 24.7. The first kappa shape index (κ1) is 29.7. The van der Waals surface area contributed by atoms with Gasteiger partial charge in [0.15, 0.2) is 0 Å². The molecule has 0 aliphatic heterocycles. The number of benzene rings is 3. The van der Waals surface area contributed by atoms with E-state index >= 15 is 0 Å². The molecule has 0 aliphatic carbocycles. The van der Waals surface area contributed by atoms with Gasteiger partial charge in [-0.15, -0.1) is 0 Å². The van der Waals surface area contributed by atoms with Crippen LogP contribution >= 0.6 is 11.8 Å². The van der Waals surface area contributed by atoms with E-state index in [-0.39, 0.29) is 23.5 Å². The number of hydrogen-bond donors (Lipinski definition) is 1. The third kappa shape index (κ3) is 10.5. The molecule has 1 atom stereocenters. The van der Waals surface area contributed by atoms with Crippen LogP contribution in [0.2, 0.25) is 0 Å². The van der Waals surface area contributed by atoms with Crippen LogP contribution in [0.3, 0.4) is 0 Å². The van der Waals surface area contributed by atoms with Gasteiger partial charge in [0.1, 0.15) is 12.6 Å². The average Bonchev–Trinajstić information content (AvgIpc) is 2.99. The molecule has 0 spiro atoms.